The number of ether oxygens (including phenoxy) is 1. The molecule has 88 valence electrons. The summed E-state index contributed by atoms with van der Waals surface area (Å²) < 4.78 is 5.94. The van der Waals surface area contributed by atoms with E-state index in [0.717, 1.165) is 9.26 Å². The number of amides is 1. The third kappa shape index (κ3) is 4.46. The van der Waals surface area contributed by atoms with Crippen LogP contribution in [0, 0.1) is 3.57 Å². The fraction of sp³-hybridized carbons (Fsp3) is 0.364. The Morgan fingerprint density at radius 2 is 2.38 bits per heavy atom. The second-order valence-corrected chi connectivity index (χ2v) is 4.63. The van der Waals surface area contributed by atoms with Crippen LogP contribution in [-0.2, 0) is 9.53 Å². The zero-order valence-corrected chi connectivity index (χ0v) is 11.2. The zero-order chi connectivity index (χ0) is 12.0. The van der Waals surface area contributed by atoms with Crippen molar-refractivity contribution in [1.29, 1.82) is 0 Å². The van der Waals surface area contributed by atoms with Crippen molar-refractivity contribution < 1.29 is 9.53 Å². The summed E-state index contributed by atoms with van der Waals surface area (Å²) in [6.07, 6.45) is 0.520. The number of nitrogens with two attached hydrogens (primary N) is 1. The van der Waals surface area contributed by atoms with Gasteiger partial charge in [-0.3, -0.25) is 4.79 Å². The van der Waals surface area contributed by atoms with Gasteiger partial charge in [0.05, 0.1) is 6.04 Å². The molecule has 1 aromatic rings. The second kappa shape index (κ2) is 6.82. The lowest BCUT2D eigenvalue weighted by molar-refractivity contribution is -0.117. The fourth-order valence-corrected chi connectivity index (χ4v) is 1.72. The summed E-state index contributed by atoms with van der Waals surface area (Å²) in [5, 5.41) is 2.77. The Hall–Kier alpha value is -0.660. The number of carbonyl (C=O) groups is 1. The van der Waals surface area contributed by atoms with E-state index in [1.807, 2.05) is 24.3 Å². The third-order valence-electron chi connectivity index (χ3n) is 2.06. The molecule has 4 nitrogen and oxygen atoms in total. The molecule has 1 amide bonds. The van der Waals surface area contributed by atoms with E-state index in [9.17, 15) is 4.79 Å². The summed E-state index contributed by atoms with van der Waals surface area (Å²) in [6, 6.07) is 7.04. The monoisotopic (exact) mass is 334 g/mol. The van der Waals surface area contributed by atoms with Gasteiger partial charge >= 0.3 is 0 Å². The number of hydrogen-bond donors (Lipinski definition) is 2. The minimum Gasteiger partial charge on any atom is -0.385 e. The Morgan fingerprint density at radius 3 is 3.00 bits per heavy atom. The highest BCUT2D eigenvalue weighted by Crippen LogP contribution is 2.12. The minimum absolute atomic E-state index is 0.181. The van der Waals surface area contributed by atoms with Crippen molar-refractivity contribution in [2.75, 3.05) is 19.0 Å². The summed E-state index contributed by atoms with van der Waals surface area (Å²) in [5.41, 5.74) is 6.46. The van der Waals surface area contributed by atoms with Crippen molar-refractivity contribution in [2.45, 2.75) is 12.5 Å². The largest absolute Gasteiger partial charge is 0.385 e. The first-order chi connectivity index (χ1) is 7.63. The summed E-state index contributed by atoms with van der Waals surface area (Å²) in [7, 11) is 1.59. The quantitative estimate of drug-likeness (QED) is 0.804. The summed E-state index contributed by atoms with van der Waals surface area (Å²) >= 11 is 2.19. The Morgan fingerprint density at radius 1 is 1.62 bits per heavy atom. The highest BCUT2D eigenvalue weighted by atomic mass is 127. The third-order valence-corrected chi connectivity index (χ3v) is 2.73. The molecule has 0 fully saturated rings. The molecule has 1 atom stereocenters. The predicted octanol–water partition coefficient (Wildman–Crippen LogP) is 1.59. The number of halogens is 1. The Kier molecular flexibility index (Phi) is 5.72. The molecule has 1 unspecified atom stereocenters. The summed E-state index contributed by atoms with van der Waals surface area (Å²) in [5.74, 6) is -0.181. The number of anilines is 1. The van der Waals surface area contributed by atoms with Crippen LogP contribution in [0.4, 0.5) is 5.69 Å². The van der Waals surface area contributed by atoms with Crippen LogP contribution in [0.2, 0.25) is 0 Å². The zero-order valence-electron chi connectivity index (χ0n) is 9.07. The van der Waals surface area contributed by atoms with Crippen molar-refractivity contribution in [3.8, 4) is 0 Å². The average molecular weight is 334 g/mol. The van der Waals surface area contributed by atoms with Crippen LogP contribution in [0.3, 0.4) is 0 Å². The second-order valence-electron chi connectivity index (χ2n) is 3.39. The molecule has 0 aliphatic heterocycles. The molecule has 0 aliphatic carbocycles. The van der Waals surface area contributed by atoms with Gasteiger partial charge in [-0.1, -0.05) is 6.07 Å². The van der Waals surface area contributed by atoms with E-state index >= 15 is 0 Å². The first-order valence-corrected chi connectivity index (χ1v) is 6.02. The molecule has 16 heavy (non-hydrogen) atoms. The average Bonchev–Trinajstić information content (AvgIpc) is 2.25. The molecule has 1 aromatic carbocycles. The van der Waals surface area contributed by atoms with E-state index in [2.05, 4.69) is 27.9 Å². The van der Waals surface area contributed by atoms with Crippen LogP contribution in [0.1, 0.15) is 6.42 Å². The van der Waals surface area contributed by atoms with Gasteiger partial charge in [-0.25, -0.2) is 0 Å². The Bertz CT molecular complexity index is 358. The molecular weight excluding hydrogens is 319 g/mol. The van der Waals surface area contributed by atoms with Crippen LogP contribution in [0.5, 0.6) is 0 Å². The normalized spacial score (nSPS) is 12.2. The first kappa shape index (κ1) is 13.4. The highest BCUT2D eigenvalue weighted by Gasteiger charge is 2.12. The molecule has 5 heteroatoms. The molecule has 0 saturated carbocycles. The maximum Gasteiger partial charge on any atom is 0.241 e. The lowest BCUT2D eigenvalue weighted by Crippen LogP contribution is -2.36. The molecule has 3 N–H and O–H groups in total. The molecule has 0 aliphatic rings. The Labute approximate surface area is 109 Å². The van der Waals surface area contributed by atoms with E-state index < -0.39 is 6.04 Å². The molecule has 0 heterocycles. The molecule has 0 spiro atoms. The van der Waals surface area contributed by atoms with E-state index in [0.29, 0.717) is 13.0 Å². The number of hydrogen-bond acceptors (Lipinski definition) is 3. The number of carbonyl (C=O) groups excluding carboxylic acids is 1. The van der Waals surface area contributed by atoms with Crippen LogP contribution in [0.15, 0.2) is 24.3 Å². The van der Waals surface area contributed by atoms with Crippen molar-refractivity contribution in [3.05, 3.63) is 27.8 Å². The molecular formula is C11H15IN2O2. The van der Waals surface area contributed by atoms with Crippen molar-refractivity contribution in [2.24, 2.45) is 5.73 Å². The smallest absolute Gasteiger partial charge is 0.241 e. The van der Waals surface area contributed by atoms with E-state index in [1.165, 1.54) is 0 Å². The minimum atomic E-state index is -0.530. The topological polar surface area (TPSA) is 64.3 Å². The molecule has 0 aromatic heterocycles. The maximum absolute atomic E-state index is 11.6. The maximum atomic E-state index is 11.6. The highest BCUT2D eigenvalue weighted by molar-refractivity contribution is 14.1. The van der Waals surface area contributed by atoms with Crippen LogP contribution >= 0.6 is 22.6 Å². The van der Waals surface area contributed by atoms with Gasteiger partial charge < -0.3 is 15.8 Å². The lowest BCUT2D eigenvalue weighted by Gasteiger charge is -2.11. The molecule has 0 bridgehead atoms. The predicted molar refractivity (Wildman–Crippen MR) is 72.3 cm³/mol. The van der Waals surface area contributed by atoms with Gasteiger partial charge in [0.2, 0.25) is 5.91 Å². The van der Waals surface area contributed by atoms with Gasteiger partial charge in [0.15, 0.2) is 0 Å². The molecule has 1 rings (SSSR count). The van der Waals surface area contributed by atoms with Gasteiger partial charge in [-0.2, -0.15) is 0 Å². The number of nitrogens with one attached hydrogen (secondary N) is 1. The van der Waals surface area contributed by atoms with Crippen molar-refractivity contribution >= 4 is 34.2 Å². The van der Waals surface area contributed by atoms with E-state index in [4.69, 9.17) is 10.5 Å². The van der Waals surface area contributed by atoms with E-state index in [1.54, 1.807) is 7.11 Å². The van der Waals surface area contributed by atoms with Gasteiger partial charge in [0, 0.05) is 23.0 Å². The standard InChI is InChI=1S/C11H15IN2O2/c1-16-6-5-10(13)11(15)14-9-4-2-3-8(12)7-9/h2-4,7,10H,5-6,13H2,1H3,(H,14,15). The van der Waals surface area contributed by atoms with Gasteiger partial charge in [-0.15, -0.1) is 0 Å². The Balaban J connectivity index is 2.50. The van der Waals surface area contributed by atoms with Crippen LogP contribution in [0.25, 0.3) is 0 Å². The van der Waals surface area contributed by atoms with Crippen LogP contribution in [-0.4, -0.2) is 25.7 Å². The summed E-state index contributed by atoms with van der Waals surface area (Å²) in [6.45, 7) is 0.487. The number of benzene rings is 1. The molecule has 0 radical (unpaired) electrons. The number of rotatable bonds is 5. The SMILES string of the molecule is COCCC(N)C(=O)Nc1cccc(I)c1. The van der Waals surface area contributed by atoms with Crippen molar-refractivity contribution in [1.82, 2.24) is 0 Å². The molecule has 0 saturated heterocycles. The number of methoxy groups -OCH3 is 1. The van der Waals surface area contributed by atoms with Gasteiger partial charge in [0.1, 0.15) is 0 Å². The first-order valence-electron chi connectivity index (χ1n) is 4.94. The van der Waals surface area contributed by atoms with Crippen LogP contribution < -0.4 is 11.1 Å². The lowest BCUT2D eigenvalue weighted by atomic mass is 10.2. The van der Waals surface area contributed by atoms with Gasteiger partial charge in [0.25, 0.3) is 0 Å². The van der Waals surface area contributed by atoms with Gasteiger partial charge in [-0.05, 0) is 47.2 Å². The summed E-state index contributed by atoms with van der Waals surface area (Å²) in [4.78, 5) is 11.6. The van der Waals surface area contributed by atoms with E-state index in [-0.39, 0.29) is 5.91 Å². The van der Waals surface area contributed by atoms with Crippen molar-refractivity contribution in [3.63, 3.8) is 0 Å². The fourth-order valence-electron chi connectivity index (χ4n) is 1.18.